The number of hydrogen-bond acceptors (Lipinski definition) is 4. The monoisotopic (exact) mass is 405 g/mol. The van der Waals surface area contributed by atoms with Crippen LogP contribution in [0.2, 0.25) is 0 Å². The van der Waals surface area contributed by atoms with Crippen LogP contribution in [-0.4, -0.2) is 40.5 Å². The van der Waals surface area contributed by atoms with Gasteiger partial charge >= 0.3 is 12.2 Å². The van der Waals surface area contributed by atoms with E-state index >= 15 is 0 Å². The molecular weight excluding hydrogens is 383 g/mol. The van der Waals surface area contributed by atoms with Crippen molar-refractivity contribution in [3.8, 4) is 0 Å². The zero-order chi connectivity index (χ0) is 20.6. The Kier molecular flexibility index (Phi) is 5.06. The largest absolute Gasteiger partial charge is 0.416 e. The third-order valence-electron chi connectivity index (χ3n) is 5.28. The molecule has 2 aromatic rings. The van der Waals surface area contributed by atoms with Crippen molar-refractivity contribution < 1.29 is 18.0 Å². The number of fused-ring (bicyclic) bond motifs is 1. The van der Waals surface area contributed by atoms with Crippen LogP contribution in [0.3, 0.4) is 0 Å². The lowest BCUT2D eigenvalue weighted by molar-refractivity contribution is -0.137. The van der Waals surface area contributed by atoms with Crippen LogP contribution in [0.4, 0.5) is 29.5 Å². The molecule has 154 valence electrons. The summed E-state index contributed by atoms with van der Waals surface area (Å²) in [6, 6.07) is 4.23. The third kappa shape index (κ3) is 4.13. The Morgan fingerprint density at radius 2 is 1.90 bits per heavy atom. The van der Waals surface area contributed by atoms with Gasteiger partial charge in [0.15, 0.2) is 0 Å². The maximum Gasteiger partial charge on any atom is 0.416 e. The molecule has 1 N–H and O–H groups in total. The average molecular weight is 405 g/mol. The van der Waals surface area contributed by atoms with Crippen LogP contribution in [0.5, 0.6) is 0 Å². The first-order valence-corrected chi connectivity index (χ1v) is 9.66. The van der Waals surface area contributed by atoms with Gasteiger partial charge in [-0.3, -0.25) is 0 Å². The molecule has 9 heteroatoms. The van der Waals surface area contributed by atoms with Gasteiger partial charge in [0.05, 0.1) is 17.8 Å². The molecule has 2 aliphatic heterocycles. The molecule has 0 unspecified atom stereocenters. The maximum atomic E-state index is 12.9. The van der Waals surface area contributed by atoms with Gasteiger partial charge in [-0.05, 0) is 38.0 Å². The van der Waals surface area contributed by atoms with Crippen LogP contribution >= 0.6 is 0 Å². The zero-order valence-electron chi connectivity index (χ0n) is 16.1. The van der Waals surface area contributed by atoms with Crippen LogP contribution < -0.4 is 10.2 Å². The van der Waals surface area contributed by atoms with Crippen molar-refractivity contribution in [3.05, 3.63) is 46.9 Å². The van der Waals surface area contributed by atoms with Gasteiger partial charge in [-0.2, -0.15) is 13.2 Å². The van der Waals surface area contributed by atoms with Crippen LogP contribution in [-0.2, 0) is 19.1 Å². The van der Waals surface area contributed by atoms with E-state index in [-0.39, 0.29) is 5.69 Å². The van der Waals surface area contributed by atoms with Gasteiger partial charge in [0.1, 0.15) is 11.6 Å². The Bertz CT molecular complexity index is 925. The number of aromatic nitrogens is 2. The van der Waals surface area contributed by atoms with Crippen molar-refractivity contribution in [3.63, 3.8) is 0 Å². The molecule has 1 aromatic heterocycles. The molecule has 0 saturated carbocycles. The van der Waals surface area contributed by atoms with E-state index in [1.807, 2.05) is 6.92 Å². The molecule has 3 heterocycles. The highest BCUT2D eigenvalue weighted by Gasteiger charge is 2.31. The maximum absolute atomic E-state index is 12.9. The van der Waals surface area contributed by atoms with Crippen LogP contribution in [0.1, 0.15) is 35.5 Å². The zero-order valence-corrected chi connectivity index (χ0v) is 16.1. The first-order valence-electron chi connectivity index (χ1n) is 9.66. The summed E-state index contributed by atoms with van der Waals surface area (Å²) in [4.78, 5) is 25.7. The number of nitrogens with zero attached hydrogens (tertiary/aromatic N) is 4. The lowest BCUT2D eigenvalue weighted by atomic mass is 10.1. The summed E-state index contributed by atoms with van der Waals surface area (Å²) < 4.78 is 38.7. The summed E-state index contributed by atoms with van der Waals surface area (Å²) in [6.07, 6.45) is -1.64. The first-order chi connectivity index (χ1) is 13.8. The molecule has 0 radical (unpaired) electrons. The molecule has 1 saturated heterocycles. The fourth-order valence-electron chi connectivity index (χ4n) is 3.86. The van der Waals surface area contributed by atoms with E-state index in [0.717, 1.165) is 55.1 Å². The van der Waals surface area contributed by atoms with Crippen molar-refractivity contribution >= 4 is 17.5 Å². The molecule has 29 heavy (non-hydrogen) atoms. The smallest absolute Gasteiger partial charge is 0.356 e. The minimum atomic E-state index is -4.45. The summed E-state index contributed by atoms with van der Waals surface area (Å²) in [5, 5.41) is 2.59. The van der Waals surface area contributed by atoms with Crippen LogP contribution in [0, 0.1) is 6.92 Å². The molecule has 0 bridgehead atoms. The highest BCUT2D eigenvalue weighted by Crippen LogP contribution is 2.32. The number of amides is 2. The molecule has 2 aliphatic rings. The van der Waals surface area contributed by atoms with Crippen molar-refractivity contribution in [1.29, 1.82) is 0 Å². The lowest BCUT2D eigenvalue weighted by Gasteiger charge is -2.31. The second-order valence-corrected chi connectivity index (χ2v) is 7.39. The topological polar surface area (TPSA) is 61.4 Å². The van der Waals surface area contributed by atoms with Crippen LogP contribution in [0.15, 0.2) is 24.3 Å². The van der Waals surface area contributed by atoms with E-state index in [0.29, 0.717) is 25.3 Å². The Morgan fingerprint density at radius 3 is 2.62 bits per heavy atom. The van der Waals surface area contributed by atoms with E-state index in [4.69, 9.17) is 0 Å². The van der Waals surface area contributed by atoms with Gasteiger partial charge in [0, 0.05) is 37.3 Å². The number of benzene rings is 1. The molecule has 6 nitrogen and oxygen atoms in total. The minimum Gasteiger partial charge on any atom is -0.356 e. The van der Waals surface area contributed by atoms with Gasteiger partial charge in [-0.25, -0.2) is 14.8 Å². The predicted molar refractivity (Wildman–Crippen MR) is 103 cm³/mol. The van der Waals surface area contributed by atoms with Gasteiger partial charge in [-0.15, -0.1) is 0 Å². The average Bonchev–Trinajstić information content (AvgIpc) is 3.21. The molecular formula is C20H22F3N5O. The predicted octanol–water partition coefficient (Wildman–Crippen LogP) is 3.99. The number of nitrogens with one attached hydrogen (secondary N) is 1. The highest BCUT2D eigenvalue weighted by molar-refractivity contribution is 5.89. The summed E-state index contributed by atoms with van der Waals surface area (Å²) in [6.45, 7) is 4.52. The SMILES string of the molecule is Cc1nc2c(c(N3CCCC3)n1)CN(C(=O)Nc1cccc(C(F)(F)F)c1)CC2. The summed E-state index contributed by atoms with van der Waals surface area (Å²) in [5.41, 5.74) is 1.21. The number of rotatable bonds is 2. The number of halogens is 3. The van der Waals surface area contributed by atoms with Crippen molar-refractivity contribution in [2.24, 2.45) is 0 Å². The Hall–Kier alpha value is -2.84. The molecule has 1 fully saturated rings. The summed E-state index contributed by atoms with van der Waals surface area (Å²) in [5.74, 6) is 1.59. The van der Waals surface area contributed by atoms with Crippen molar-refractivity contribution in [1.82, 2.24) is 14.9 Å². The molecule has 0 atom stereocenters. The fraction of sp³-hybridized carbons (Fsp3) is 0.450. The molecule has 0 spiro atoms. The van der Waals surface area contributed by atoms with E-state index < -0.39 is 17.8 Å². The highest BCUT2D eigenvalue weighted by atomic mass is 19.4. The second kappa shape index (κ2) is 7.53. The number of carbonyl (C=O) groups excluding carboxylic acids is 1. The first kappa shape index (κ1) is 19.5. The normalized spacial score (nSPS) is 16.7. The Morgan fingerprint density at radius 1 is 1.14 bits per heavy atom. The van der Waals surface area contributed by atoms with Gasteiger partial charge in [0.25, 0.3) is 0 Å². The van der Waals surface area contributed by atoms with Crippen molar-refractivity contribution in [2.45, 2.75) is 38.9 Å². The van der Waals surface area contributed by atoms with E-state index in [1.54, 1.807) is 4.90 Å². The van der Waals surface area contributed by atoms with Gasteiger partial charge < -0.3 is 15.1 Å². The Labute approximate surface area is 166 Å². The molecule has 4 rings (SSSR count). The number of carbonyl (C=O) groups is 1. The van der Waals surface area contributed by atoms with Gasteiger partial charge in [-0.1, -0.05) is 6.07 Å². The quantitative estimate of drug-likeness (QED) is 0.821. The fourth-order valence-corrected chi connectivity index (χ4v) is 3.86. The molecule has 0 aliphatic carbocycles. The molecule has 2 amide bonds. The van der Waals surface area contributed by atoms with E-state index in [2.05, 4.69) is 20.2 Å². The Balaban J connectivity index is 1.53. The number of alkyl halides is 3. The minimum absolute atomic E-state index is 0.121. The van der Waals surface area contributed by atoms with Crippen molar-refractivity contribution in [2.75, 3.05) is 29.9 Å². The molecule has 1 aromatic carbocycles. The summed E-state index contributed by atoms with van der Waals surface area (Å²) >= 11 is 0. The number of aryl methyl sites for hydroxylation is 1. The summed E-state index contributed by atoms with van der Waals surface area (Å²) in [7, 11) is 0. The van der Waals surface area contributed by atoms with E-state index in [9.17, 15) is 18.0 Å². The van der Waals surface area contributed by atoms with Crippen LogP contribution in [0.25, 0.3) is 0 Å². The van der Waals surface area contributed by atoms with Gasteiger partial charge in [0.2, 0.25) is 0 Å². The number of hydrogen-bond donors (Lipinski definition) is 1. The number of urea groups is 1. The second-order valence-electron chi connectivity index (χ2n) is 7.39. The number of anilines is 2. The van der Waals surface area contributed by atoms with E-state index in [1.165, 1.54) is 12.1 Å². The third-order valence-corrected chi connectivity index (χ3v) is 5.28. The lowest BCUT2D eigenvalue weighted by Crippen LogP contribution is -2.40. The standard InChI is InChI=1S/C20H22F3N5O/c1-13-24-17-7-10-28(12-16(17)18(25-13)27-8-2-3-9-27)19(29)26-15-6-4-5-14(11-15)20(21,22)23/h4-6,11H,2-3,7-10,12H2,1H3,(H,26,29).